The molecule has 2 rings (SSSR count). The van der Waals surface area contributed by atoms with Gasteiger partial charge in [-0.1, -0.05) is 0 Å². The second-order valence-corrected chi connectivity index (χ2v) is 3.45. The Morgan fingerprint density at radius 1 is 1.53 bits per heavy atom. The number of nitrogens with zero attached hydrogens (tertiary/aromatic N) is 3. The molecule has 5 nitrogen and oxygen atoms in total. The van der Waals surface area contributed by atoms with Crippen LogP contribution in [0.1, 0.15) is 30.5 Å². The summed E-state index contributed by atoms with van der Waals surface area (Å²) >= 11 is 0. The number of hydrogen-bond acceptors (Lipinski definition) is 4. The van der Waals surface area contributed by atoms with Gasteiger partial charge in [0, 0.05) is 18.8 Å². The van der Waals surface area contributed by atoms with Crippen LogP contribution in [0.2, 0.25) is 0 Å². The fraction of sp³-hybridized carbons (Fsp3) is 0.400. The van der Waals surface area contributed by atoms with E-state index in [2.05, 4.69) is 10.2 Å². The van der Waals surface area contributed by atoms with Gasteiger partial charge in [0.15, 0.2) is 0 Å². The monoisotopic (exact) mass is 207 g/mol. The molecular formula is C10H13N3O2. The zero-order chi connectivity index (χ0) is 10.8. The highest BCUT2D eigenvalue weighted by atomic mass is 16.4. The van der Waals surface area contributed by atoms with Crippen molar-refractivity contribution in [3.8, 4) is 0 Å². The van der Waals surface area contributed by atoms with Gasteiger partial charge >= 0.3 is 0 Å². The topological polar surface area (TPSA) is 64.1 Å². The Hall–Kier alpha value is -1.62. The molecule has 0 saturated carbocycles. The van der Waals surface area contributed by atoms with Crippen molar-refractivity contribution in [2.45, 2.75) is 26.5 Å². The fourth-order valence-electron chi connectivity index (χ4n) is 1.50. The molecule has 0 bridgehead atoms. The smallest absolute Gasteiger partial charge is 0.236 e. The van der Waals surface area contributed by atoms with Gasteiger partial charge in [-0.3, -0.25) is 0 Å². The van der Waals surface area contributed by atoms with Gasteiger partial charge in [-0.05, 0) is 19.1 Å². The maximum absolute atomic E-state index is 9.49. The highest BCUT2D eigenvalue weighted by molar-refractivity contribution is 5.10. The van der Waals surface area contributed by atoms with Crippen molar-refractivity contribution in [1.82, 2.24) is 14.8 Å². The lowest BCUT2D eigenvalue weighted by Crippen LogP contribution is -2.05. The molecular weight excluding hydrogens is 194 g/mol. The summed E-state index contributed by atoms with van der Waals surface area (Å²) in [6.07, 6.45) is 1.38. The molecule has 15 heavy (non-hydrogen) atoms. The molecule has 5 heteroatoms. The van der Waals surface area contributed by atoms with Crippen LogP contribution in [-0.2, 0) is 6.54 Å². The average molecular weight is 207 g/mol. The van der Waals surface area contributed by atoms with Crippen molar-refractivity contribution in [1.29, 1.82) is 0 Å². The van der Waals surface area contributed by atoms with Gasteiger partial charge in [-0.15, -0.1) is 10.2 Å². The molecule has 0 saturated heterocycles. The van der Waals surface area contributed by atoms with Crippen LogP contribution in [0.4, 0.5) is 0 Å². The molecule has 2 aromatic heterocycles. The number of aryl methyl sites for hydroxylation is 1. The first-order valence-corrected chi connectivity index (χ1v) is 4.79. The first kappa shape index (κ1) is 9.92. The molecule has 0 aromatic carbocycles. The Bertz CT molecular complexity index is 445. The van der Waals surface area contributed by atoms with Crippen molar-refractivity contribution in [3.63, 3.8) is 0 Å². The highest BCUT2D eigenvalue weighted by Gasteiger charge is 2.09. The molecule has 0 aliphatic carbocycles. The summed E-state index contributed by atoms with van der Waals surface area (Å²) < 4.78 is 7.15. The van der Waals surface area contributed by atoms with E-state index in [4.69, 9.17) is 4.42 Å². The van der Waals surface area contributed by atoms with Crippen molar-refractivity contribution >= 4 is 0 Å². The van der Waals surface area contributed by atoms with Crippen LogP contribution in [0.15, 0.2) is 22.7 Å². The van der Waals surface area contributed by atoms with E-state index in [1.54, 1.807) is 13.8 Å². The van der Waals surface area contributed by atoms with Gasteiger partial charge in [0.1, 0.15) is 6.54 Å². The molecule has 0 aliphatic heterocycles. The summed E-state index contributed by atoms with van der Waals surface area (Å²) in [7, 11) is 0. The van der Waals surface area contributed by atoms with E-state index in [-0.39, 0.29) is 0 Å². The van der Waals surface area contributed by atoms with E-state index in [9.17, 15) is 5.11 Å². The number of hydrogen-bond donors (Lipinski definition) is 1. The van der Waals surface area contributed by atoms with Crippen LogP contribution in [0.5, 0.6) is 0 Å². The van der Waals surface area contributed by atoms with Crippen LogP contribution >= 0.6 is 0 Å². The zero-order valence-electron chi connectivity index (χ0n) is 8.71. The molecule has 1 unspecified atom stereocenters. The molecule has 0 aliphatic rings. The van der Waals surface area contributed by atoms with Crippen molar-refractivity contribution < 1.29 is 9.52 Å². The number of aromatic nitrogens is 3. The third-order valence-electron chi connectivity index (χ3n) is 2.17. The van der Waals surface area contributed by atoms with E-state index < -0.39 is 6.10 Å². The molecule has 1 N–H and O–H groups in total. The lowest BCUT2D eigenvalue weighted by Gasteiger charge is -2.08. The third kappa shape index (κ3) is 2.07. The average Bonchev–Trinajstić information content (AvgIpc) is 2.75. The minimum absolute atomic E-state index is 0.494. The van der Waals surface area contributed by atoms with Crippen LogP contribution in [0, 0.1) is 6.92 Å². The Balaban J connectivity index is 2.20. The quantitative estimate of drug-likeness (QED) is 0.823. The third-order valence-corrected chi connectivity index (χ3v) is 2.17. The van der Waals surface area contributed by atoms with E-state index in [1.165, 1.54) is 0 Å². The molecule has 0 fully saturated rings. The van der Waals surface area contributed by atoms with E-state index in [0.29, 0.717) is 18.3 Å². The predicted octanol–water partition coefficient (Wildman–Crippen LogP) is 1.28. The highest BCUT2D eigenvalue weighted by Crippen LogP contribution is 2.14. The van der Waals surface area contributed by atoms with Gasteiger partial charge in [0.05, 0.1) is 6.10 Å². The van der Waals surface area contributed by atoms with Crippen molar-refractivity contribution in [2.75, 3.05) is 0 Å². The summed E-state index contributed by atoms with van der Waals surface area (Å²) in [5.41, 5.74) is 0.839. The van der Waals surface area contributed by atoms with Crippen molar-refractivity contribution in [3.05, 3.63) is 35.8 Å². The summed E-state index contributed by atoms with van der Waals surface area (Å²) in [4.78, 5) is 0. The lowest BCUT2D eigenvalue weighted by atomic mass is 10.3. The van der Waals surface area contributed by atoms with Gasteiger partial charge in [0.2, 0.25) is 11.8 Å². The Morgan fingerprint density at radius 3 is 2.93 bits per heavy atom. The van der Waals surface area contributed by atoms with Crippen molar-refractivity contribution in [2.24, 2.45) is 0 Å². The maximum atomic E-state index is 9.49. The maximum Gasteiger partial charge on any atom is 0.236 e. The predicted molar refractivity (Wildman–Crippen MR) is 53.2 cm³/mol. The van der Waals surface area contributed by atoms with Gasteiger partial charge in [-0.2, -0.15) is 0 Å². The fourth-order valence-corrected chi connectivity index (χ4v) is 1.50. The molecule has 80 valence electrons. The van der Waals surface area contributed by atoms with Gasteiger partial charge in [0.25, 0.3) is 0 Å². The molecule has 1 atom stereocenters. The van der Waals surface area contributed by atoms with Crippen LogP contribution in [0.3, 0.4) is 0 Å². The molecule has 0 amide bonds. The minimum atomic E-state index is -0.496. The van der Waals surface area contributed by atoms with Crippen LogP contribution in [-0.4, -0.2) is 19.9 Å². The van der Waals surface area contributed by atoms with Gasteiger partial charge < -0.3 is 14.1 Å². The summed E-state index contributed by atoms with van der Waals surface area (Å²) in [5, 5.41) is 17.1. The number of rotatable bonds is 3. The molecule has 2 aromatic rings. The van der Waals surface area contributed by atoms with E-state index in [1.807, 2.05) is 22.9 Å². The van der Waals surface area contributed by atoms with Gasteiger partial charge in [-0.25, -0.2) is 0 Å². The SMILES string of the molecule is Cc1nnc(Cn2cccc2C(C)O)o1. The summed E-state index contributed by atoms with van der Waals surface area (Å²) in [6.45, 7) is 3.97. The molecule has 2 heterocycles. The van der Waals surface area contributed by atoms with Crippen LogP contribution in [0.25, 0.3) is 0 Å². The largest absolute Gasteiger partial charge is 0.424 e. The Kier molecular flexibility index (Phi) is 2.55. The molecule has 0 radical (unpaired) electrons. The number of aliphatic hydroxyl groups excluding tert-OH is 1. The normalized spacial score (nSPS) is 13.0. The second kappa shape index (κ2) is 3.86. The first-order chi connectivity index (χ1) is 7.16. The summed E-state index contributed by atoms with van der Waals surface area (Å²) in [5.74, 6) is 1.10. The standard InChI is InChI=1S/C10H13N3O2/c1-7(14)9-4-3-5-13(9)6-10-12-11-8(2)15-10/h3-5,7,14H,6H2,1-2H3. The minimum Gasteiger partial charge on any atom is -0.424 e. The Morgan fingerprint density at radius 2 is 2.33 bits per heavy atom. The summed E-state index contributed by atoms with van der Waals surface area (Å²) in [6, 6.07) is 3.75. The first-order valence-electron chi connectivity index (χ1n) is 4.79. The Labute approximate surface area is 87.4 Å². The van der Waals surface area contributed by atoms with E-state index >= 15 is 0 Å². The lowest BCUT2D eigenvalue weighted by molar-refractivity contribution is 0.189. The number of aliphatic hydroxyl groups is 1. The molecule has 0 spiro atoms. The van der Waals surface area contributed by atoms with E-state index in [0.717, 1.165) is 5.69 Å². The second-order valence-electron chi connectivity index (χ2n) is 3.45. The van der Waals surface area contributed by atoms with Crippen LogP contribution < -0.4 is 0 Å². The zero-order valence-corrected chi connectivity index (χ0v) is 8.71.